The molecule has 0 aromatic carbocycles. The van der Waals surface area contributed by atoms with E-state index in [2.05, 4.69) is 74.6 Å². The standard InChI is InChI=1S/C79H146O5/c1-3-5-7-9-11-13-15-17-19-21-23-25-27-29-31-33-34-35-36-37-38-39-40-41-42-43-44-46-48-50-52-54-56-58-60-62-64-66-68-70-72-74-79(82)84-77(75-80)76-83-78(81)73-71-69-67-65-63-61-59-57-55-53-51-49-47-45-32-30-28-26-24-22-20-18-16-14-12-10-8-6-4-2/h5,7,11,13,17,19,23,25,29,31,77,80H,3-4,6,8-10,12,14-16,18,20-22,24,26-28,30,32-76H2,1-2H3/b7-5-,13-11-,19-17-,25-23-,31-29-. The zero-order valence-corrected chi connectivity index (χ0v) is 56.7. The third kappa shape index (κ3) is 72.1. The van der Waals surface area contributed by atoms with Crippen molar-refractivity contribution in [2.24, 2.45) is 0 Å². The SMILES string of the molecule is CC/C=C\C/C=C\C/C=C\C/C=C\C/C=C\CCCCCCCCCCCCCCCCCCCCCCCCCCCC(=O)OC(CO)COC(=O)CCCCCCCCCCCCCCCCCCCCCCCCCCCCCCC. The summed E-state index contributed by atoms with van der Waals surface area (Å²) in [5.41, 5.74) is 0. The predicted molar refractivity (Wildman–Crippen MR) is 371 cm³/mol. The molecule has 0 rings (SSSR count). The first-order chi connectivity index (χ1) is 41.6. The Morgan fingerprint density at radius 3 is 0.774 bits per heavy atom. The van der Waals surface area contributed by atoms with Crippen LogP contribution in [0, 0.1) is 0 Å². The Morgan fingerprint density at radius 1 is 0.286 bits per heavy atom. The fraction of sp³-hybridized carbons (Fsp3) is 0.848. The number of rotatable bonds is 71. The molecule has 0 radical (unpaired) electrons. The first kappa shape index (κ1) is 81.6. The maximum absolute atomic E-state index is 12.4. The molecule has 0 amide bonds. The summed E-state index contributed by atoms with van der Waals surface area (Å²) in [6.45, 7) is 4.09. The minimum Gasteiger partial charge on any atom is -0.462 e. The molecule has 0 heterocycles. The Bertz CT molecular complexity index is 1430. The highest BCUT2D eigenvalue weighted by Crippen LogP contribution is 2.20. The lowest BCUT2D eigenvalue weighted by Crippen LogP contribution is -2.28. The molecule has 0 saturated carbocycles. The van der Waals surface area contributed by atoms with Crippen LogP contribution in [0.4, 0.5) is 0 Å². The first-order valence-electron chi connectivity index (χ1n) is 37.8. The summed E-state index contributed by atoms with van der Waals surface area (Å²) >= 11 is 0. The number of ether oxygens (including phenoxy) is 2. The van der Waals surface area contributed by atoms with E-state index in [1.165, 1.54) is 321 Å². The van der Waals surface area contributed by atoms with Crippen LogP contribution in [0.3, 0.4) is 0 Å². The Hall–Kier alpha value is -2.40. The molecule has 5 nitrogen and oxygen atoms in total. The number of aliphatic hydroxyl groups excluding tert-OH is 1. The van der Waals surface area contributed by atoms with E-state index in [-0.39, 0.29) is 25.2 Å². The summed E-state index contributed by atoms with van der Waals surface area (Å²) in [5.74, 6) is -0.563. The lowest BCUT2D eigenvalue weighted by Gasteiger charge is -2.15. The van der Waals surface area contributed by atoms with Crippen LogP contribution in [0.15, 0.2) is 60.8 Å². The van der Waals surface area contributed by atoms with E-state index in [0.29, 0.717) is 12.8 Å². The van der Waals surface area contributed by atoms with Gasteiger partial charge in [0.2, 0.25) is 0 Å². The first-order valence-corrected chi connectivity index (χ1v) is 37.8. The minimum atomic E-state index is -0.770. The number of allylic oxidation sites excluding steroid dienone is 10. The van der Waals surface area contributed by atoms with Gasteiger partial charge < -0.3 is 14.6 Å². The summed E-state index contributed by atoms with van der Waals surface area (Å²) in [7, 11) is 0. The molecule has 1 unspecified atom stereocenters. The van der Waals surface area contributed by atoms with Gasteiger partial charge in [0.15, 0.2) is 6.10 Å². The van der Waals surface area contributed by atoms with Gasteiger partial charge in [0.25, 0.3) is 0 Å². The highest BCUT2D eigenvalue weighted by molar-refractivity contribution is 5.70. The molecule has 0 aromatic rings. The third-order valence-corrected chi connectivity index (χ3v) is 17.3. The van der Waals surface area contributed by atoms with E-state index >= 15 is 0 Å². The normalized spacial score (nSPS) is 12.5. The maximum Gasteiger partial charge on any atom is 0.306 e. The van der Waals surface area contributed by atoms with Crippen LogP contribution in [0.2, 0.25) is 0 Å². The summed E-state index contributed by atoms with van der Waals surface area (Å²) in [6.07, 6.45) is 103. The number of hydrogen-bond donors (Lipinski definition) is 1. The lowest BCUT2D eigenvalue weighted by molar-refractivity contribution is -0.161. The van der Waals surface area contributed by atoms with Crippen molar-refractivity contribution in [3.05, 3.63) is 60.8 Å². The lowest BCUT2D eigenvalue weighted by atomic mass is 10.0. The van der Waals surface area contributed by atoms with Crippen molar-refractivity contribution in [1.82, 2.24) is 0 Å². The van der Waals surface area contributed by atoms with Gasteiger partial charge in [0, 0.05) is 12.8 Å². The largest absolute Gasteiger partial charge is 0.462 e. The molecule has 1 N–H and O–H groups in total. The molecular weight excluding hydrogens is 1030 g/mol. The Balaban J connectivity index is 3.37. The van der Waals surface area contributed by atoms with Gasteiger partial charge in [-0.05, 0) is 57.8 Å². The third-order valence-electron chi connectivity index (χ3n) is 17.3. The molecule has 0 bridgehead atoms. The fourth-order valence-electron chi connectivity index (χ4n) is 11.7. The maximum atomic E-state index is 12.4. The van der Waals surface area contributed by atoms with E-state index < -0.39 is 6.10 Å². The average Bonchev–Trinajstić information content (AvgIpc) is 3.51. The van der Waals surface area contributed by atoms with Crippen molar-refractivity contribution in [2.75, 3.05) is 13.2 Å². The molecule has 492 valence electrons. The molecule has 0 saturated heterocycles. The number of hydrogen-bond acceptors (Lipinski definition) is 5. The van der Waals surface area contributed by atoms with Gasteiger partial charge in [-0.25, -0.2) is 0 Å². The van der Waals surface area contributed by atoms with Crippen molar-refractivity contribution in [3.63, 3.8) is 0 Å². The second-order valence-electron chi connectivity index (χ2n) is 25.7. The molecule has 84 heavy (non-hydrogen) atoms. The van der Waals surface area contributed by atoms with Crippen molar-refractivity contribution in [1.29, 1.82) is 0 Å². The van der Waals surface area contributed by atoms with Crippen LogP contribution in [-0.4, -0.2) is 36.4 Å². The summed E-state index contributed by atoms with van der Waals surface area (Å²) in [6, 6.07) is 0. The van der Waals surface area contributed by atoms with E-state index in [0.717, 1.165) is 64.2 Å². The predicted octanol–water partition coefficient (Wildman–Crippen LogP) is 26.4. The molecule has 0 spiro atoms. The Labute approximate surface area is 525 Å². The van der Waals surface area contributed by atoms with Gasteiger partial charge in [0.1, 0.15) is 6.61 Å². The second-order valence-corrected chi connectivity index (χ2v) is 25.7. The van der Waals surface area contributed by atoms with E-state index in [4.69, 9.17) is 9.47 Å². The number of aliphatic hydroxyl groups is 1. The summed E-state index contributed by atoms with van der Waals surface area (Å²) < 4.78 is 10.8. The highest BCUT2D eigenvalue weighted by atomic mass is 16.6. The van der Waals surface area contributed by atoms with Gasteiger partial charge in [-0.3, -0.25) is 9.59 Å². The van der Waals surface area contributed by atoms with Crippen LogP contribution in [-0.2, 0) is 19.1 Å². The van der Waals surface area contributed by atoms with E-state index in [1.54, 1.807) is 0 Å². The van der Waals surface area contributed by atoms with Crippen LogP contribution < -0.4 is 0 Å². The quantitative estimate of drug-likeness (QED) is 0.0373. The Kier molecular flexibility index (Phi) is 72.7. The Morgan fingerprint density at radius 2 is 0.512 bits per heavy atom. The van der Waals surface area contributed by atoms with E-state index in [9.17, 15) is 14.7 Å². The van der Waals surface area contributed by atoms with Crippen LogP contribution in [0.5, 0.6) is 0 Å². The van der Waals surface area contributed by atoms with Crippen LogP contribution >= 0.6 is 0 Å². The van der Waals surface area contributed by atoms with Gasteiger partial charge in [0.05, 0.1) is 6.61 Å². The minimum absolute atomic E-state index is 0.0587. The summed E-state index contributed by atoms with van der Waals surface area (Å²) in [5, 5.41) is 9.72. The molecule has 0 fully saturated rings. The molecule has 0 aliphatic carbocycles. The monoisotopic (exact) mass is 1180 g/mol. The zero-order chi connectivity index (χ0) is 60.5. The van der Waals surface area contributed by atoms with Gasteiger partial charge in [-0.1, -0.05) is 402 Å². The van der Waals surface area contributed by atoms with Gasteiger partial charge >= 0.3 is 11.9 Å². The molecule has 0 aliphatic heterocycles. The van der Waals surface area contributed by atoms with Crippen LogP contribution in [0.25, 0.3) is 0 Å². The number of unbranched alkanes of at least 4 members (excludes halogenated alkanes) is 53. The smallest absolute Gasteiger partial charge is 0.306 e. The van der Waals surface area contributed by atoms with Crippen molar-refractivity contribution in [2.45, 2.75) is 418 Å². The zero-order valence-electron chi connectivity index (χ0n) is 56.7. The highest BCUT2D eigenvalue weighted by Gasteiger charge is 2.16. The van der Waals surface area contributed by atoms with Gasteiger partial charge in [-0.15, -0.1) is 0 Å². The molecule has 5 heteroatoms. The summed E-state index contributed by atoms with van der Waals surface area (Å²) in [4.78, 5) is 24.7. The average molecular weight is 1180 g/mol. The van der Waals surface area contributed by atoms with Crippen LogP contribution in [0.1, 0.15) is 412 Å². The van der Waals surface area contributed by atoms with Gasteiger partial charge in [-0.2, -0.15) is 0 Å². The topological polar surface area (TPSA) is 72.8 Å². The van der Waals surface area contributed by atoms with Crippen molar-refractivity contribution >= 4 is 11.9 Å². The molecule has 0 aliphatic rings. The number of esters is 2. The second kappa shape index (κ2) is 74.9. The number of carbonyl (C=O) groups excluding carboxylic acids is 2. The molecular formula is C79H146O5. The fourth-order valence-corrected chi connectivity index (χ4v) is 11.7. The van der Waals surface area contributed by atoms with Crippen molar-refractivity contribution < 1.29 is 24.2 Å². The molecule has 0 aromatic heterocycles. The van der Waals surface area contributed by atoms with Crippen molar-refractivity contribution in [3.8, 4) is 0 Å². The number of carbonyl (C=O) groups is 2. The van der Waals surface area contributed by atoms with E-state index in [1.807, 2.05) is 0 Å². The molecule has 1 atom stereocenters.